The summed E-state index contributed by atoms with van der Waals surface area (Å²) < 4.78 is 6.66. The van der Waals surface area contributed by atoms with Crippen LogP contribution in [-0.2, 0) is 0 Å². The van der Waals surface area contributed by atoms with Gasteiger partial charge in [0.05, 0.1) is 0 Å². The Morgan fingerprint density at radius 3 is 2.45 bits per heavy atom. The number of halogens is 1. The smallest absolute Gasteiger partial charge is 0.219 e. The highest BCUT2D eigenvalue weighted by molar-refractivity contribution is 9.10. The van der Waals surface area contributed by atoms with Crippen molar-refractivity contribution in [2.45, 2.75) is 0 Å². The normalized spacial score (nSPS) is 15.2. The molecule has 1 saturated heterocycles. The van der Waals surface area contributed by atoms with Crippen molar-refractivity contribution in [3.05, 3.63) is 47.1 Å². The van der Waals surface area contributed by atoms with Gasteiger partial charge in [-0.3, -0.25) is 0 Å². The third-order valence-corrected chi connectivity index (χ3v) is 3.71. The lowest BCUT2D eigenvalue weighted by Crippen LogP contribution is -2.43. The van der Waals surface area contributed by atoms with E-state index in [1.165, 1.54) is 5.69 Å². The van der Waals surface area contributed by atoms with Crippen molar-refractivity contribution >= 4 is 21.6 Å². The summed E-state index contributed by atoms with van der Waals surface area (Å²) in [6, 6.07) is 11.9. The molecule has 1 N–H and O–H groups in total. The summed E-state index contributed by atoms with van der Waals surface area (Å²) in [7, 11) is 0. The van der Waals surface area contributed by atoms with E-state index >= 15 is 0 Å². The first-order valence-corrected chi connectivity index (χ1v) is 7.46. The summed E-state index contributed by atoms with van der Waals surface area (Å²) >= 11 is 3.36. The minimum Gasteiger partial charge on any atom is -0.439 e. The molecule has 0 spiro atoms. The number of hydrogen-bond donors (Lipinski definition) is 1. The average molecular weight is 334 g/mol. The van der Waals surface area contributed by atoms with Crippen molar-refractivity contribution in [2.24, 2.45) is 0 Å². The highest BCUT2D eigenvalue weighted by atomic mass is 79.9. The number of nitrogens with one attached hydrogen (secondary N) is 1. The molecule has 1 fully saturated rings. The third kappa shape index (κ3) is 3.29. The van der Waals surface area contributed by atoms with Gasteiger partial charge in [0, 0.05) is 48.6 Å². The Morgan fingerprint density at radius 1 is 1.05 bits per heavy atom. The van der Waals surface area contributed by atoms with Gasteiger partial charge in [-0.15, -0.1) is 0 Å². The zero-order valence-electron chi connectivity index (χ0n) is 11.1. The molecule has 0 bridgehead atoms. The largest absolute Gasteiger partial charge is 0.439 e. The van der Waals surface area contributed by atoms with Crippen molar-refractivity contribution < 1.29 is 4.74 Å². The minimum absolute atomic E-state index is 0.600. The summed E-state index contributed by atoms with van der Waals surface area (Å²) in [5.41, 5.74) is 1.24. The van der Waals surface area contributed by atoms with Crippen LogP contribution in [0.25, 0.3) is 0 Å². The standard InChI is InChI=1S/C15H16BrN3O/c16-12-1-6-15(18-11-12)20-14-4-2-13(3-5-14)19-9-7-17-8-10-19/h1-6,11,17H,7-10H2. The third-order valence-electron chi connectivity index (χ3n) is 3.24. The summed E-state index contributed by atoms with van der Waals surface area (Å²) in [6.07, 6.45) is 1.73. The van der Waals surface area contributed by atoms with E-state index in [1.54, 1.807) is 6.20 Å². The maximum absolute atomic E-state index is 5.71. The SMILES string of the molecule is Brc1ccc(Oc2ccc(N3CCNCC3)cc2)nc1. The molecular weight excluding hydrogens is 318 g/mol. The van der Waals surface area contributed by atoms with Gasteiger partial charge in [0.2, 0.25) is 5.88 Å². The van der Waals surface area contributed by atoms with Gasteiger partial charge in [0.1, 0.15) is 5.75 Å². The number of aromatic nitrogens is 1. The van der Waals surface area contributed by atoms with E-state index in [0.29, 0.717) is 5.88 Å². The number of benzene rings is 1. The summed E-state index contributed by atoms with van der Waals surface area (Å²) in [4.78, 5) is 6.57. The van der Waals surface area contributed by atoms with Crippen molar-refractivity contribution in [1.29, 1.82) is 0 Å². The highest BCUT2D eigenvalue weighted by Crippen LogP contribution is 2.24. The lowest BCUT2D eigenvalue weighted by atomic mass is 10.2. The molecule has 2 heterocycles. The fourth-order valence-corrected chi connectivity index (χ4v) is 2.43. The molecule has 5 heteroatoms. The molecule has 20 heavy (non-hydrogen) atoms. The van der Waals surface area contributed by atoms with Crippen LogP contribution in [-0.4, -0.2) is 31.2 Å². The quantitative estimate of drug-likeness (QED) is 0.936. The maximum atomic E-state index is 5.71. The van der Waals surface area contributed by atoms with E-state index in [2.05, 4.69) is 43.3 Å². The van der Waals surface area contributed by atoms with Gasteiger partial charge in [0.25, 0.3) is 0 Å². The first-order valence-electron chi connectivity index (χ1n) is 6.66. The highest BCUT2D eigenvalue weighted by Gasteiger charge is 2.10. The number of rotatable bonds is 3. The van der Waals surface area contributed by atoms with Crippen molar-refractivity contribution in [1.82, 2.24) is 10.3 Å². The van der Waals surface area contributed by atoms with E-state index in [0.717, 1.165) is 36.4 Å². The summed E-state index contributed by atoms with van der Waals surface area (Å²) in [5, 5.41) is 3.35. The Hall–Kier alpha value is -1.59. The Balaban J connectivity index is 1.67. The molecule has 0 radical (unpaired) electrons. The van der Waals surface area contributed by atoms with Crippen LogP contribution in [0, 0.1) is 0 Å². The summed E-state index contributed by atoms with van der Waals surface area (Å²) in [6.45, 7) is 4.19. The molecule has 0 amide bonds. The number of ether oxygens (including phenoxy) is 1. The predicted molar refractivity (Wildman–Crippen MR) is 83.5 cm³/mol. The molecule has 0 unspecified atom stereocenters. The van der Waals surface area contributed by atoms with Crippen LogP contribution in [0.4, 0.5) is 5.69 Å². The average Bonchev–Trinajstić information content (AvgIpc) is 2.51. The van der Waals surface area contributed by atoms with Crippen LogP contribution < -0.4 is 15.0 Å². The molecule has 0 aliphatic carbocycles. The van der Waals surface area contributed by atoms with Crippen molar-refractivity contribution in [3.8, 4) is 11.6 Å². The van der Waals surface area contributed by atoms with E-state index in [1.807, 2.05) is 24.3 Å². The van der Waals surface area contributed by atoms with Crippen molar-refractivity contribution in [2.75, 3.05) is 31.1 Å². The van der Waals surface area contributed by atoms with Crippen LogP contribution in [0.3, 0.4) is 0 Å². The molecule has 0 saturated carbocycles. The Bertz CT molecular complexity index is 550. The number of piperazine rings is 1. The van der Waals surface area contributed by atoms with Gasteiger partial charge in [-0.05, 0) is 46.3 Å². The van der Waals surface area contributed by atoms with E-state index < -0.39 is 0 Å². The number of hydrogen-bond acceptors (Lipinski definition) is 4. The van der Waals surface area contributed by atoms with Crippen LogP contribution in [0.5, 0.6) is 11.6 Å². The Kier molecular flexibility index (Phi) is 4.18. The maximum Gasteiger partial charge on any atom is 0.219 e. The lowest BCUT2D eigenvalue weighted by molar-refractivity contribution is 0.462. The van der Waals surface area contributed by atoms with Gasteiger partial charge < -0.3 is 15.0 Å². The van der Waals surface area contributed by atoms with Gasteiger partial charge >= 0.3 is 0 Å². The molecule has 1 aromatic carbocycles. The van der Waals surface area contributed by atoms with Crippen LogP contribution in [0.15, 0.2) is 47.1 Å². The number of nitrogens with zero attached hydrogens (tertiary/aromatic N) is 2. The van der Waals surface area contributed by atoms with E-state index in [4.69, 9.17) is 4.74 Å². The van der Waals surface area contributed by atoms with Gasteiger partial charge in [-0.1, -0.05) is 0 Å². The van der Waals surface area contributed by atoms with Gasteiger partial charge in [-0.25, -0.2) is 4.98 Å². The van der Waals surface area contributed by atoms with Crippen LogP contribution >= 0.6 is 15.9 Å². The molecule has 3 rings (SSSR count). The van der Waals surface area contributed by atoms with Crippen molar-refractivity contribution in [3.63, 3.8) is 0 Å². The summed E-state index contributed by atoms with van der Waals surface area (Å²) in [5.74, 6) is 1.40. The number of pyridine rings is 1. The van der Waals surface area contributed by atoms with Gasteiger partial charge in [0.15, 0.2) is 0 Å². The zero-order chi connectivity index (χ0) is 13.8. The second-order valence-electron chi connectivity index (χ2n) is 4.65. The molecule has 2 aromatic rings. The molecule has 1 aliphatic rings. The molecule has 104 valence electrons. The zero-order valence-corrected chi connectivity index (χ0v) is 12.6. The van der Waals surface area contributed by atoms with E-state index in [9.17, 15) is 0 Å². The Morgan fingerprint density at radius 2 is 1.80 bits per heavy atom. The predicted octanol–water partition coefficient (Wildman–Crippen LogP) is 3.05. The second-order valence-corrected chi connectivity index (χ2v) is 5.56. The monoisotopic (exact) mass is 333 g/mol. The number of anilines is 1. The first kappa shape index (κ1) is 13.4. The molecule has 4 nitrogen and oxygen atoms in total. The van der Waals surface area contributed by atoms with Crippen LogP contribution in [0.1, 0.15) is 0 Å². The van der Waals surface area contributed by atoms with Crippen LogP contribution in [0.2, 0.25) is 0 Å². The first-order chi connectivity index (χ1) is 9.81. The molecular formula is C15H16BrN3O. The topological polar surface area (TPSA) is 37.4 Å². The minimum atomic E-state index is 0.600. The lowest BCUT2D eigenvalue weighted by Gasteiger charge is -2.29. The van der Waals surface area contributed by atoms with Gasteiger partial charge in [-0.2, -0.15) is 0 Å². The fraction of sp³-hybridized carbons (Fsp3) is 0.267. The molecule has 1 aromatic heterocycles. The fourth-order valence-electron chi connectivity index (χ4n) is 2.19. The molecule has 1 aliphatic heterocycles. The second kappa shape index (κ2) is 6.24. The molecule has 0 atom stereocenters. The van der Waals surface area contributed by atoms with E-state index in [-0.39, 0.29) is 0 Å². The Labute approximate surface area is 126 Å².